The zero-order chi connectivity index (χ0) is 24.9. The Balaban J connectivity index is 1.51. The molecule has 0 fully saturated rings. The Morgan fingerprint density at radius 1 is 1.26 bits per heavy atom. The monoisotopic (exact) mass is 497 g/mol. The molecular formula is C24H24FN5O4S. The number of thiophene rings is 1. The zero-order valence-electron chi connectivity index (χ0n) is 19.1. The first kappa shape index (κ1) is 24.5. The standard InChI is InChI=1S/C24H24FN5O4S/c1-13(10-31)15-6-7-17(19(25)8-15)20-9-18(23(26)32)24(35-20)29-21-5-3-4-16(28-21)11-33-12-22-27-14(2)30-34-22/h3-9,13,31H,10-12H2,1-2H3,(H2,26,32)(H,28,29). The Hall–Kier alpha value is -3.67. The van der Waals surface area contributed by atoms with E-state index in [2.05, 4.69) is 20.4 Å². The van der Waals surface area contributed by atoms with Gasteiger partial charge in [0, 0.05) is 23.0 Å². The highest BCUT2D eigenvalue weighted by Gasteiger charge is 2.18. The van der Waals surface area contributed by atoms with Gasteiger partial charge in [0.2, 0.25) is 0 Å². The summed E-state index contributed by atoms with van der Waals surface area (Å²) in [7, 11) is 0. The van der Waals surface area contributed by atoms with Crippen LogP contribution < -0.4 is 11.1 Å². The van der Waals surface area contributed by atoms with Crippen molar-refractivity contribution < 1.29 is 23.6 Å². The normalized spacial score (nSPS) is 12.0. The van der Waals surface area contributed by atoms with Gasteiger partial charge in [-0.15, -0.1) is 11.3 Å². The molecule has 0 aliphatic heterocycles. The lowest BCUT2D eigenvalue weighted by Crippen LogP contribution is -2.11. The third-order valence-corrected chi connectivity index (χ3v) is 6.28. The number of hydrogen-bond acceptors (Lipinski definition) is 9. The van der Waals surface area contributed by atoms with Gasteiger partial charge in [0.15, 0.2) is 5.82 Å². The molecule has 1 amide bonds. The van der Waals surface area contributed by atoms with Crippen molar-refractivity contribution in [3.8, 4) is 10.4 Å². The van der Waals surface area contributed by atoms with Crippen LogP contribution in [0, 0.1) is 12.7 Å². The molecule has 1 unspecified atom stereocenters. The number of benzene rings is 1. The number of hydrogen-bond donors (Lipinski definition) is 3. The number of nitrogens with two attached hydrogens (primary N) is 1. The molecule has 0 spiro atoms. The lowest BCUT2D eigenvalue weighted by Gasteiger charge is -2.10. The van der Waals surface area contributed by atoms with E-state index in [0.717, 1.165) is 0 Å². The summed E-state index contributed by atoms with van der Waals surface area (Å²) in [6.45, 7) is 3.82. The predicted molar refractivity (Wildman–Crippen MR) is 129 cm³/mol. The molecule has 4 rings (SSSR count). The molecule has 0 bridgehead atoms. The molecule has 11 heteroatoms. The molecule has 0 radical (unpaired) electrons. The first-order valence-corrected chi connectivity index (χ1v) is 11.6. The number of primary amides is 1. The first-order valence-electron chi connectivity index (χ1n) is 10.8. The summed E-state index contributed by atoms with van der Waals surface area (Å²) < 4.78 is 25.4. The lowest BCUT2D eigenvalue weighted by molar-refractivity contribution is 0.0829. The van der Waals surface area contributed by atoms with Gasteiger partial charge in [-0.05, 0) is 36.8 Å². The van der Waals surface area contributed by atoms with Crippen LogP contribution in [-0.4, -0.2) is 32.7 Å². The van der Waals surface area contributed by atoms with Crippen LogP contribution in [0.4, 0.5) is 15.2 Å². The van der Waals surface area contributed by atoms with E-state index in [1.807, 2.05) is 6.92 Å². The van der Waals surface area contributed by atoms with E-state index in [0.29, 0.717) is 44.2 Å². The number of aliphatic hydroxyl groups excluding tert-OH is 1. The van der Waals surface area contributed by atoms with Gasteiger partial charge in [-0.1, -0.05) is 30.3 Å². The average Bonchev–Trinajstić information content (AvgIpc) is 3.44. The summed E-state index contributed by atoms with van der Waals surface area (Å²) in [6, 6.07) is 11.7. The molecule has 1 atom stereocenters. The quantitative estimate of drug-likeness (QED) is 0.295. The van der Waals surface area contributed by atoms with E-state index in [1.165, 1.54) is 17.4 Å². The Morgan fingerprint density at radius 2 is 2.09 bits per heavy atom. The molecule has 4 N–H and O–H groups in total. The molecule has 9 nitrogen and oxygen atoms in total. The van der Waals surface area contributed by atoms with Crippen LogP contribution in [0.15, 0.2) is 47.0 Å². The third-order valence-electron chi connectivity index (χ3n) is 5.19. The molecule has 0 saturated carbocycles. The fraction of sp³-hybridized carbons (Fsp3) is 0.250. The van der Waals surface area contributed by atoms with Crippen molar-refractivity contribution in [3.05, 3.63) is 76.8 Å². The van der Waals surface area contributed by atoms with Crippen molar-refractivity contribution in [2.75, 3.05) is 11.9 Å². The number of ether oxygens (including phenoxy) is 1. The minimum atomic E-state index is -0.643. The first-order chi connectivity index (χ1) is 16.8. The van der Waals surface area contributed by atoms with E-state index in [4.69, 9.17) is 15.0 Å². The molecule has 182 valence electrons. The highest BCUT2D eigenvalue weighted by molar-refractivity contribution is 7.19. The van der Waals surface area contributed by atoms with E-state index < -0.39 is 11.7 Å². The Bertz CT molecular complexity index is 1340. The fourth-order valence-electron chi connectivity index (χ4n) is 3.33. The summed E-state index contributed by atoms with van der Waals surface area (Å²) in [5.74, 6) is 0.113. The molecule has 0 aliphatic carbocycles. The average molecular weight is 498 g/mol. The summed E-state index contributed by atoms with van der Waals surface area (Å²) in [6.07, 6.45) is 0. The Kier molecular flexibility index (Phi) is 7.49. The third kappa shape index (κ3) is 5.88. The Labute approximate surface area is 204 Å². The fourth-order valence-corrected chi connectivity index (χ4v) is 4.43. The number of nitrogens with one attached hydrogen (secondary N) is 1. The number of carbonyl (C=O) groups is 1. The van der Waals surface area contributed by atoms with Gasteiger partial charge in [-0.2, -0.15) is 4.98 Å². The van der Waals surface area contributed by atoms with Crippen molar-refractivity contribution in [1.82, 2.24) is 15.1 Å². The van der Waals surface area contributed by atoms with Gasteiger partial charge in [0.25, 0.3) is 11.8 Å². The van der Waals surface area contributed by atoms with Crippen LogP contribution >= 0.6 is 11.3 Å². The number of carbonyl (C=O) groups excluding carboxylic acids is 1. The number of pyridine rings is 1. The van der Waals surface area contributed by atoms with E-state index >= 15 is 0 Å². The van der Waals surface area contributed by atoms with Crippen LogP contribution in [0.1, 0.15) is 46.2 Å². The highest BCUT2D eigenvalue weighted by atomic mass is 32.1. The van der Waals surface area contributed by atoms with Crippen LogP contribution in [0.2, 0.25) is 0 Å². The van der Waals surface area contributed by atoms with Gasteiger partial charge in [0.1, 0.15) is 23.2 Å². The number of nitrogens with zero attached hydrogens (tertiary/aromatic N) is 3. The van der Waals surface area contributed by atoms with E-state index in [9.17, 15) is 14.3 Å². The van der Waals surface area contributed by atoms with E-state index in [1.54, 1.807) is 43.3 Å². The molecular weight excluding hydrogens is 473 g/mol. The lowest BCUT2D eigenvalue weighted by atomic mass is 9.99. The largest absolute Gasteiger partial charge is 0.396 e. The molecule has 4 aromatic rings. The summed E-state index contributed by atoms with van der Waals surface area (Å²) in [4.78, 5) is 21.2. The van der Waals surface area contributed by atoms with Gasteiger partial charge in [0.05, 0.1) is 17.9 Å². The molecule has 35 heavy (non-hydrogen) atoms. The number of aromatic nitrogens is 3. The number of halogens is 1. The summed E-state index contributed by atoms with van der Waals surface area (Å²) in [5.41, 5.74) is 7.48. The van der Waals surface area contributed by atoms with Crippen molar-refractivity contribution in [1.29, 1.82) is 0 Å². The predicted octanol–water partition coefficient (Wildman–Crippen LogP) is 4.30. The minimum absolute atomic E-state index is 0.0780. The molecule has 3 heterocycles. The van der Waals surface area contributed by atoms with Crippen LogP contribution in [-0.2, 0) is 18.0 Å². The van der Waals surface area contributed by atoms with Gasteiger partial charge >= 0.3 is 0 Å². The van der Waals surface area contributed by atoms with Crippen molar-refractivity contribution in [3.63, 3.8) is 0 Å². The number of amides is 1. The van der Waals surface area contributed by atoms with Crippen molar-refractivity contribution in [2.45, 2.75) is 33.0 Å². The zero-order valence-corrected chi connectivity index (χ0v) is 19.9. The second kappa shape index (κ2) is 10.7. The Morgan fingerprint density at radius 3 is 2.77 bits per heavy atom. The van der Waals surface area contributed by atoms with Crippen LogP contribution in [0.5, 0.6) is 0 Å². The number of aliphatic hydroxyl groups is 1. The molecule has 3 aromatic heterocycles. The maximum absolute atomic E-state index is 14.8. The SMILES string of the molecule is Cc1noc(COCc2cccc(Nc3sc(-c4ccc(C(C)CO)cc4F)cc3C(N)=O)n2)n1. The summed E-state index contributed by atoms with van der Waals surface area (Å²) in [5, 5.41) is 16.6. The molecule has 1 aromatic carbocycles. The number of aryl methyl sites for hydroxylation is 1. The summed E-state index contributed by atoms with van der Waals surface area (Å²) >= 11 is 1.19. The molecule has 0 saturated heterocycles. The second-order valence-corrected chi connectivity index (χ2v) is 8.96. The molecule has 0 aliphatic rings. The minimum Gasteiger partial charge on any atom is -0.396 e. The maximum Gasteiger partial charge on any atom is 0.252 e. The van der Waals surface area contributed by atoms with Crippen molar-refractivity contribution in [2.24, 2.45) is 5.73 Å². The number of rotatable bonds is 10. The van der Waals surface area contributed by atoms with Crippen molar-refractivity contribution >= 4 is 28.1 Å². The van der Waals surface area contributed by atoms with Crippen LogP contribution in [0.3, 0.4) is 0 Å². The smallest absolute Gasteiger partial charge is 0.252 e. The second-order valence-electron chi connectivity index (χ2n) is 7.91. The van der Waals surface area contributed by atoms with Gasteiger partial charge in [-0.3, -0.25) is 4.79 Å². The van der Waals surface area contributed by atoms with Crippen LogP contribution in [0.25, 0.3) is 10.4 Å². The highest BCUT2D eigenvalue weighted by Crippen LogP contribution is 2.38. The van der Waals surface area contributed by atoms with Gasteiger partial charge in [-0.25, -0.2) is 9.37 Å². The van der Waals surface area contributed by atoms with E-state index in [-0.39, 0.29) is 31.3 Å². The number of anilines is 2. The topological polar surface area (TPSA) is 136 Å². The maximum atomic E-state index is 14.8. The van der Waals surface area contributed by atoms with Gasteiger partial charge < -0.3 is 25.4 Å².